The van der Waals surface area contributed by atoms with E-state index in [0.717, 1.165) is 54.2 Å². The van der Waals surface area contributed by atoms with Crippen LogP contribution in [0.1, 0.15) is 28.8 Å². The van der Waals surface area contributed by atoms with Gasteiger partial charge in [-0.3, -0.25) is 9.80 Å². The molecule has 0 aliphatic carbocycles. The number of fused-ring (bicyclic) bond motifs is 1. The molecule has 2 aliphatic heterocycles. The summed E-state index contributed by atoms with van der Waals surface area (Å²) in [6.45, 7) is 2.64. The number of nitrogens with zero attached hydrogens (tertiary/aromatic N) is 2. The highest BCUT2D eigenvalue weighted by atomic mass is 16.5. The minimum Gasteiger partial charge on any atom is -0.399 e. The third kappa shape index (κ3) is 4.51. The van der Waals surface area contributed by atoms with E-state index in [2.05, 4.69) is 27.8 Å². The molecule has 2 heterocycles. The van der Waals surface area contributed by atoms with Crippen molar-refractivity contribution in [2.24, 2.45) is 0 Å². The maximum absolute atomic E-state index is 12.9. The molecular formula is C26H29N5O2. The van der Waals surface area contributed by atoms with E-state index in [-0.39, 0.29) is 5.91 Å². The van der Waals surface area contributed by atoms with Gasteiger partial charge in [-0.15, -0.1) is 0 Å². The molecule has 3 aromatic rings. The predicted octanol–water partition coefficient (Wildman–Crippen LogP) is 4.29. The molecule has 170 valence electrons. The van der Waals surface area contributed by atoms with Crippen LogP contribution in [-0.2, 0) is 11.3 Å². The molecular weight excluding hydrogens is 414 g/mol. The topological polar surface area (TPSA) is 82.9 Å². The van der Waals surface area contributed by atoms with Gasteiger partial charge in [0, 0.05) is 49.4 Å². The van der Waals surface area contributed by atoms with Crippen molar-refractivity contribution in [1.29, 1.82) is 0 Å². The van der Waals surface area contributed by atoms with E-state index in [1.54, 1.807) is 7.11 Å². The van der Waals surface area contributed by atoms with Gasteiger partial charge in [0.15, 0.2) is 0 Å². The zero-order valence-corrected chi connectivity index (χ0v) is 18.8. The lowest BCUT2D eigenvalue weighted by atomic mass is 10.1. The smallest absolute Gasteiger partial charge is 0.255 e. The second kappa shape index (κ2) is 9.13. The molecule has 33 heavy (non-hydrogen) atoms. The summed E-state index contributed by atoms with van der Waals surface area (Å²) in [7, 11) is 1.78. The summed E-state index contributed by atoms with van der Waals surface area (Å²) in [4.78, 5) is 15.2. The molecule has 5 rings (SSSR count). The van der Waals surface area contributed by atoms with Crippen molar-refractivity contribution in [1.82, 2.24) is 5.43 Å². The Kier molecular flexibility index (Phi) is 5.90. The van der Waals surface area contributed by atoms with Crippen molar-refractivity contribution >= 4 is 34.3 Å². The number of nitrogen functional groups attached to an aromatic ring is 1. The van der Waals surface area contributed by atoms with E-state index in [0.29, 0.717) is 18.2 Å². The standard InChI is InChI=1S/C26H29N5O2/c1-33-24-12-14-30(15-13-24)22-9-5-21(6-10-22)29-26(32)18-2-11-25-19(16-18)17-28-31(25)23-7-3-20(27)4-8-23/h2-11,16,24,28H,12-15,17,27H2,1H3,(H,29,32). The number of ether oxygens (including phenoxy) is 1. The van der Waals surface area contributed by atoms with Crippen LogP contribution >= 0.6 is 0 Å². The Hall–Kier alpha value is -3.55. The van der Waals surface area contributed by atoms with Crippen molar-refractivity contribution in [3.63, 3.8) is 0 Å². The van der Waals surface area contributed by atoms with E-state index in [1.165, 1.54) is 5.69 Å². The molecule has 0 radical (unpaired) electrons. The highest BCUT2D eigenvalue weighted by Crippen LogP contribution is 2.33. The highest BCUT2D eigenvalue weighted by molar-refractivity contribution is 6.04. The lowest BCUT2D eigenvalue weighted by Crippen LogP contribution is -2.36. The lowest BCUT2D eigenvalue weighted by molar-refractivity contribution is 0.0819. The average Bonchev–Trinajstić information content (AvgIpc) is 3.28. The number of hydrazine groups is 1. The van der Waals surface area contributed by atoms with E-state index in [4.69, 9.17) is 10.5 Å². The second-order valence-corrected chi connectivity index (χ2v) is 8.53. The van der Waals surface area contributed by atoms with Gasteiger partial charge in [-0.2, -0.15) is 0 Å². The molecule has 1 fully saturated rings. The first-order valence-corrected chi connectivity index (χ1v) is 11.3. The zero-order chi connectivity index (χ0) is 22.8. The summed E-state index contributed by atoms with van der Waals surface area (Å²) in [5.41, 5.74) is 15.6. The van der Waals surface area contributed by atoms with Crippen molar-refractivity contribution in [3.8, 4) is 0 Å². The van der Waals surface area contributed by atoms with E-state index < -0.39 is 0 Å². The van der Waals surface area contributed by atoms with Gasteiger partial charge in [0.1, 0.15) is 0 Å². The third-order valence-electron chi connectivity index (χ3n) is 6.43. The van der Waals surface area contributed by atoms with Crippen LogP contribution in [0, 0.1) is 0 Å². The van der Waals surface area contributed by atoms with Crippen molar-refractivity contribution in [2.75, 3.05) is 41.2 Å². The molecule has 1 amide bonds. The average molecular weight is 444 g/mol. The Morgan fingerprint density at radius 1 is 1.00 bits per heavy atom. The van der Waals surface area contributed by atoms with Gasteiger partial charge in [-0.25, -0.2) is 5.43 Å². The number of nitrogens with one attached hydrogen (secondary N) is 2. The minimum atomic E-state index is -0.114. The number of amides is 1. The summed E-state index contributed by atoms with van der Waals surface area (Å²) in [5.74, 6) is -0.114. The maximum Gasteiger partial charge on any atom is 0.255 e. The fourth-order valence-electron chi connectivity index (χ4n) is 4.50. The number of rotatable bonds is 5. The van der Waals surface area contributed by atoms with Gasteiger partial charge in [-0.1, -0.05) is 0 Å². The van der Waals surface area contributed by atoms with Crippen LogP contribution in [0.25, 0.3) is 0 Å². The highest BCUT2D eigenvalue weighted by Gasteiger charge is 2.22. The van der Waals surface area contributed by atoms with E-state index in [1.807, 2.05) is 59.6 Å². The van der Waals surface area contributed by atoms with Gasteiger partial charge in [0.2, 0.25) is 0 Å². The van der Waals surface area contributed by atoms with Crippen LogP contribution in [0.3, 0.4) is 0 Å². The number of benzene rings is 3. The number of anilines is 5. The minimum absolute atomic E-state index is 0.114. The van der Waals surface area contributed by atoms with Crippen LogP contribution in [0.5, 0.6) is 0 Å². The van der Waals surface area contributed by atoms with Crippen molar-refractivity contribution in [3.05, 3.63) is 77.9 Å². The Morgan fingerprint density at radius 3 is 2.39 bits per heavy atom. The number of carbonyl (C=O) groups is 1. The molecule has 1 saturated heterocycles. The Morgan fingerprint density at radius 2 is 1.70 bits per heavy atom. The molecule has 7 heteroatoms. The SMILES string of the molecule is COC1CCN(c2ccc(NC(=O)c3ccc4c(c3)CNN4c3ccc(N)cc3)cc2)CC1. The lowest BCUT2D eigenvalue weighted by Gasteiger charge is -2.33. The van der Waals surface area contributed by atoms with E-state index in [9.17, 15) is 4.79 Å². The van der Waals surface area contributed by atoms with Gasteiger partial charge in [0.05, 0.1) is 17.5 Å². The largest absolute Gasteiger partial charge is 0.399 e. The summed E-state index contributed by atoms with van der Waals surface area (Å²) >= 11 is 0. The molecule has 4 N–H and O–H groups in total. The number of hydrogen-bond acceptors (Lipinski definition) is 6. The van der Waals surface area contributed by atoms with Crippen LogP contribution in [-0.4, -0.2) is 32.2 Å². The number of hydrogen-bond donors (Lipinski definition) is 3. The molecule has 0 saturated carbocycles. The second-order valence-electron chi connectivity index (χ2n) is 8.53. The van der Waals surface area contributed by atoms with Gasteiger partial charge in [-0.05, 0) is 85.1 Å². The summed E-state index contributed by atoms with van der Waals surface area (Å²) in [6.07, 6.45) is 2.44. The number of carbonyl (C=O) groups excluding carboxylic acids is 1. The first kappa shape index (κ1) is 21.3. The normalized spacial score (nSPS) is 16.0. The van der Waals surface area contributed by atoms with Gasteiger partial charge < -0.3 is 20.7 Å². The predicted molar refractivity (Wildman–Crippen MR) is 133 cm³/mol. The molecule has 2 aliphatic rings. The van der Waals surface area contributed by atoms with Crippen molar-refractivity contribution < 1.29 is 9.53 Å². The summed E-state index contributed by atoms with van der Waals surface area (Å²) in [5, 5.41) is 5.04. The van der Waals surface area contributed by atoms with Crippen LogP contribution in [0.2, 0.25) is 0 Å². The summed E-state index contributed by atoms with van der Waals surface area (Å²) < 4.78 is 5.46. The van der Waals surface area contributed by atoms with E-state index >= 15 is 0 Å². The fraction of sp³-hybridized carbons (Fsp3) is 0.269. The number of nitrogens with two attached hydrogens (primary N) is 1. The number of methoxy groups -OCH3 is 1. The summed E-state index contributed by atoms with van der Waals surface area (Å²) in [6, 6.07) is 21.6. The maximum atomic E-state index is 12.9. The molecule has 0 bridgehead atoms. The molecule has 0 unspecified atom stereocenters. The van der Waals surface area contributed by atoms with Crippen LogP contribution in [0.15, 0.2) is 66.7 Å². The molecule has 0 aromatic heterocycles. The quantitative estimate of drug-likeness (QED) is 0.510. The molecule has 7 nitrogen and oxygen atoms in total. The Labute approximate surface area is 194 Å². The molecule has 0 atom stereocenters. The Bertz CT molecular complexity index is 1120. The first-order chi connectivity index (χ1) is 16.1. The van der Waals surface area contributed by atoms with Crippen LogP contribution < -0.4 is 26.4 Å². The number of piperidine rings is 1. The monoisotopic (exact) mass is 443 g/mol. The third-order valence-corrected chi connectivity index (χ3v) is 6.43. The molecule has 0 spiro atoms. The zero-order valence-electron chi connectivity index (χ0n) is 18.8. The molecule has 3 aromatic carbocycles. The van der Waals surface area contributed by atoms with Crippen molar-refractivity contribution in [2.45, 2.75) is 25.5 Å². The fourth-order valence-corrected chi connectivity index (χ4v) is 4.50. The first-order valence-electron chi connectivity index (χ1n) is 11.3. The van der Waals surface area contributed by atoms with Gasteiger partial charge in [0.25, 0.3) is 5.91 Å². The van der Waals surface area contributed by atoms with Gasteiger partial charge >= 0.3 is 0 Å². The Balaban J connectivity index is 1.24. The van der Waals surface area contributed by atoms with Crippen LogP contribution in [0.4, 0.5) is 28.4 Å².